The van der Waals surface area contributed by atoms with Crippen LogP contribution in [-0.4, -0.2) is 17.8 Å². The Bertz CT molecular complexity index is 1050. The Morgan fingerprint density at radius 1 is 0.966 bits per heavy atom. The molecule has 29 heavy (non-hydrogen) atoms. The first-order chi connectivity index (χ1) is 13.9. The number of carbonyl (C=O) groups is 2. The quantitative estimate of drug-likeness (QED) is 0.541. The summed E-state index contributed by atoms with van der Waals surface area (Å²) in [5, 5.41) is 3.22. The number of hydrogen-bond donors (Lipinski definition) is 1. The van der Waals surface area contributed by atoms with E-state index in [0.717, 1.165) is 11.1 Å². The SMILES string of the molecule is Cc1cccc(OC(C)C(=O)Nc2ccc(Cl)cc2C(=O)c2ccccc2)c1C. The van der Waals surface area contributed by atoms with Crippen molar-refractivity contribution in [1.29, 1.82) is 0 Å². The van der Waals surface area contributed by atoms with Crippen molar-refractivity contribution in [2.45, 2.75) is 26.9 Å². The van der Waals surface area contributed by atoms with E-state index in [1.54, 1.807) is 49.4 Å². The summed E-state index contributed by atoms with van der Waals surface area (Å²) >= 11 is 6.10. The summed E-state index contributed by atoms with van der Waals surface area (Å²) < 4.78 is 5.85. The van der Waals surface area contributed by atoms with Gasteiger partial charge in [-0.25, -0.2) is 0 Å². The molecule has 0 aliphatic heterocycles. The number of halogens is 1. The number of ether oxygens (including phenoxy) is 1. The predicted octanol–water partition coefficient (Wildman–Crippen LogP) is 5.59. The van der Waals surface area contributed by atoms with Gasteiger partial charge in [-0.15, -0.1) is 0 Å². The van der Waals surface area contributed by atoms with Crippen molar-refractivity contribution in [2.75, 3.05) is 5.32 Å². The largest absolute Gasteiger partial charge is 0.481 e. The molecule has 3 aromatic carbocycles. The summed E-state index contributed by atoms with van der Waals surface area (Å²) in [7, 11) is 0. The predicted molar refractivity (Wildman–Crippen MR) is 116 cm³/mol. The molecule has 0 spiro atoms. The molecule has 1 N–H and O–H groups in total. The molecule has 0 radical (unpaired) electrons. The second-order valence-electron chi connectivity index (χ2n) is 6.83. The van der Waals surface area contributed by atoms with Gasteiger partial charge in [0, 0.05) is 16.1 Å². The first kappa shape index (κ1) is 20.6. The van der Waals surface area contributed by atoms with E-state index in [-0.39, 0.29) is 11.7 Å². The van der Waals surface area contributed by atoms with Crippen LogP contribution in [0.3, 0.4) is 0 Å². The lowest BCUT2D eigenvalue weighted by Gasteiger charge is -2.18. The Morgan fingerprint density at radius 3 is 2.41 bits per heavy atom. The molecule has 1 amide bonds. The maximum absolute atomic E-state index is 12.9. The lowest BCUT2D eigenvalue weighted by atomic mass is 10.0. The molecule has 3 aromatic rings. The fourth-order valence-electron chi connectivity index (χ4n) is 2.89. The molecular formula is C24H22ClNO3. The number of aryl methyl sites for hydroxylation is 1. The Hall–Kier alpha value is -3.11. The van der Waals surface area contributed by atoms with Crippen molar-refractivity contribution in [3.63, 3.8) is 0 Å². The molecular weight excluding hydrogens is 386 g/mol. The van der Waals surface area contributed by atoms with Gasteiger partial charge in [0.05, 0.1) is 5.69 Å². The monoisotopic (exact) mass is 407 g/mol. The van der Waals surface area contributed by atoms with Crippen LogP contribution in [0.5, 0.6) is 5.75 Å². The van der Waals surface area contributed by atoms with E-state index >= 15 is 0 Å². The number of nitrogens with one attached hydrogen (secondary N) is 1. The number of ketones is 1. The van der Waals surface area contributed by atoms with Gasteiger partial charge < -0.3 is 10.1 Å². The summed E-state index contributed by atoms with van der Waals surface area (Å²) in [6.45, 7) is 5.61. The minimum Gasteiger partial charge on any atom is -0.481 e. The summed E-state index contributed by atoms with van der Waals surface area (Å²) in [6.07, 6.45) is -0.745. The molecule has 4 nitrogen and oxygen atoms in total. The third-order valence-electron chi connectivity index (χ3n) is 4.75. The van der Waals surface area contributed by atoms with E-state index in [1.807, 2.05) is 38.1 Å². The highest BCUT2D eigenvalue weighted by molar-refractivity contribution is 6.31. The van der Waals surface area contributed by atoms with Crippen LogP contribution in [0.25, 0.3) is 0 Å². The third-order valence-corrected chi connectivity index (χ3v) is 4.98. The first-order valence-electron chi connectivity index (χ1n) is 9.30. The van der Waals surface area contributed by atoms with Crippen LogP contribution in [0.4, 0.5) is 5.69 Å². The van der Waals surface area contributed by atoms with Crippen molar-refractivity contribution < 1.29 is 14.3 Å². The highest BCUT2D eigenvalue weighted by Crippen LogP contribution is 2.25. The van der Waals surface area contributed by atoms with Gasteiger partial charge >= 0.3 is 0 Å². The summed E-state index contributed by atoms with van der Waals surface area (Å²) in [5.74, 6) is 0.0891. The molecule has 1 atom stereocenters. The number of carbonyl (C=O) groups excluding carboxylic acids is 2. The van der Waals surface area contributed by atoms with E-state index < -0.39 is 6.10 Å². The molecule has 1 unspecified atom stereocenters. The van der Waals surface area contributed by atoms with Crippen molar-refractivity contribution in [2.24, 2.45) is 0 Å². The van der Waals surface area contributed by atoms with Crippen molar-refractivity contribution in [1.82, 2.24) is 0 Å². The molecule has 0 heterocycles. The van der Waals surface area contributed by atoms with Crippen LogP contribution < -0.4 is 10.1 Å². The minimum absolute atomic E-state index is 0.216. The molecule has 0 saturated heterocycles. The fourth-order valence-corrected chi connectivity index (χ4v) is 3.06. The number of anilines is 1. The van der Waals surface area contributed by atoms with Crippen LogP contribution in [0.15, 0.2) is 66.7 Å². The Kier molecular flexibility index (Phi) is 6.35. The maximum Gasteiger partial charge on any atom is 0.265 e. The van der Waals surface area contributed by atoms with Gasteiger partial charge in [0.2, 0.25) is 0 Å². The zero-order chi connectivity index (χ0) is 21.0. The average molecular weight is 408 g/mol. The molecule has 0 saturated carbocycles. The summed E-state index contributed by atoms with van der Waals surface area (Å²) in [5.41, 5.74) is 3.31. The van der Waals surface area contributed by atoms with Crippen LogP contribution in [0.2, 0.25) is 5.02 Å². The highest BCUT2D eigenvalue weighted by Gasteiger charge is 2.20. The fraction of sp³-hybridized carbons (Fsp3) is 0.167. The van der Waals surface area contributed by atoms with Crippen molar-refractivity contribution in [3.05, 3.63) is 94.0 Å². The van der Waals surface area contributed by atoms with E-state index in [4.69, 9.17) is 16.3 Å². The smallest absolute Gasteiger partial charge is 0.265 e. The van der Waals surface area contributed by atoms with Crippen molar-refractivity contribution >= 4 is 29.0 Å². The zero-order valence-electron chi connectivity index (χ0n) is 16.5. The highest BCUT2D eigenvalue weighted by atomic mass is 35.5. The number of rotatable bonds is 6. The van der Waals surface area contributed by atoms with Gasteiger partial charge in [-0.05, 0) is 56.2 Å². The average Bonchev–Trinajstić information content (AvgIpc) is 2.72. The van der Waals surface area contributed by atoms with Gasteiger partial charge in [-0.2, -0.15) is 0 Å². The van der Waals surface area contributed by atoms with Crippen molar-refractivity contribution in [3.8, 4) is 5.75 Å². The molecule has 3 rings (SSSR count). The molecule has 0 bridgehead atoms. The zero-order valence-corrected chi connectivity index (χ0v) is 17.3. The van der Waals surface area contributed by atoms with Gasteiger partial charge in [-0.3, -0.25) is 9.59 Å². The lowest BCUT2D eigenvalue weighted by molar-refractivity contribution is -0.122. The topological polar surface area (TPSA) is 55.4 Å². The molecule has 0 aliphatic rings. The second-order valence-corrected chi connectivity index (χ2v) is 7.27. The van der Waals surface area contributed by atoms with Gasteiger partial charge in [0.1, 0.15) is 5.75 Å². The van der Waals surface area contributed by atoms with E-state index in [9.17, 15) is 9.59 Å². The van der Waals surface area contributed by atoms with Crippen LogP contribution in [0.1, 0.15) is 34.0 Å². The Labute approximate surface area is 175 Å². The summed E-state index contributed by atoms with van der Waals surface area (Å²) in [6, 6.07) is 19.4. The van der Waals surface area contributed by atoms with Crippen LogP contribution in [-0.2, 0) is 4.79 Å². The minimum atomic E-state index is -0.745. The standard InChI is InChI=1S/C24H22ClNO3/c1-15-8-7-11-22(16(15)2)29-17(3)24(28)26-21-13-12-19(25)14-20(21)23(27)18-9-5-4-6-10-18/h4-14,17H,1-3H3,(H,26,28). The van der Waals surface area contributed by atoms with Gasteiger partial charge in [0.15, 0.2) is 11.9 Å². The molecule has 5 heteroatoms. The number of benzene rings is 3. The van der Waals surface area contributed by atoms with Gasteiger partial charge in [0.25, 0.3) is 5.91 Å². The second kappa shape index (κ2) is 8.93. The van der Waals surface area contributed by atoms with Crippen LogP contribution >= 0.6 is 11.6 Å². The third kappa shape index (κ3) is 4.84. The Morgan fingerprint density at radius 2 is 1.69 bits per heavy atom. The van der Waals surface area contributed by atoms with E-state index in [0.29, 0.717) is 27.6 Å². The molecule has 0 aliphatic carbocycles. The number of amides is 1. The molecule has 0 aromatic heterocycles. The van der Waals surface area contributed by atoms with Crippen LogP contribution in [0, 0.1) is 13.8 Å². The van der Waals surface area contributed by atoms with Gasteiger partial charge in [-0.1, -0.05) is 54.1 Å². The van der Waals surface area contributed by atoms with E-state index in [2.05, 4.69) is 5.32 Å². The van der Waals surface area contributed by atoms with E-state index in [1.165, 1.54) is 0 Å². The molecule has 0 fully saturated rings. The maximum atomic E-state index is 12.9. The normalized spacial score (nSPS) is 11.6. The number of hydrogen-bond acceptors (Lipinski definition) is 3. The molecule has 148 valence electrons. The lowest BCUT2D eigenvalue weighted by Crippen LogP contribution is -2.31. The first-order valence-corrected chi connectivity index (χ1v) is 9.67. The summed E-state index contributed by atoms with van der Waals surface area (Å²) in [4.78, 5) is 25.6. The Balaban J connectivity index is 1.81.